The molecule has 10 aromatic carbocycles. The number of hydrogen-bond acceptors (Lipinski definition) is 3. The minimum absolute atomic E-state index is 0.497. The Morgan fingerprint density at radius 3 is 1.77 bits per heavy atom. The van der Waals surface area contributed by atoms with Crippen LogP contribution < -0.4 is 4.90 Å². The van der Waals surface area contributed by atoms with Gasteiger partial charge in [0.05, 0.1) is 11.1 Å². The highest BCUT2D eigenvalue weighted by molar-refractivity contribution is 7.25. The van der Waals surface area contributed by atoms with Gasteiger partial charge in [-0.3, -0.25) is 0 Å². The van der Waals surface area contributed by atoms with Gasteiger partial charge in [0.25, 0.3) is 0 Å². The van der Waals surface area contributed by atoms with E-state index in [4.69, 9.17) is 4.42 Å². The molecule has 1 aliphatic carbocycles. The summed E-state index contributed by atoms with van der Waals surface area (Å²) >= 11 is 1.86. The average molecular weight is 834 g/mol. The highest BCUT2D eigenvalue weighted by Gasteiger charge is 2.46. The second-order valence-corrected chi connectivity index (χ2v) is 17.8. The highest BCUT2D eigenvalue weighted by atomic mass is 32.1. The maximum absolute atomic E-state index is 6.62. The maximum Gasteiger partial charge on any atom is 0.137 e. The van der Waals surface area contributed by atoms with E-state index in [-0.39, 0.29) is 0 Å². The Hall–Kier alpha value is -7.98. The van der Waals surface area contributed by atoms with Gasteiger partial charge in [0.1, 0.15) is 11.2 Å². The van der Waals surface area contributed by atoms with Gasteiger partial charge in [-0.2, -0.15) is 0 Å². The Labute approximate surface area is 375 Å². The zero-order chi connectivity index (χ0) is 42.2. The molecule has 0 aliphatic heterocycles. The minimum atomic E-state index is -0.497. The third kappa shape index (κ3) is 5.51. The molecular weight excluding hydrogens is 795 g/mol. The molecule has 1 aliphatic rings. The summed E-state index contributed by atoms with van der Waals surface area (Å²) in [5.41, 5.74) is 16.6. The normalized spacial score (nSPS) is 12.8. The first kappa shape index (κ1) is 36.7. The molecule has 0 N–H and O–H groups in total. The number of benzene rings is 10. The van der Waals surface area contributed by atoms with Crippen LogP contribution in [0.25, 0.3) is 75.5 Å². The van der Waals surface area contributed by atoms with Crippen LogP contribution in [0.4, 0.5) is 17.1 Å². The van der Waals surface area contributed by atoms with Gasteiger partial charge in [0.15, 0.2) is 0 Å². The Kier molecular flexibility index (Phi) is 8.34. The SMILES string of the molecule is c1ccc(-c2cccc(N(c3ccc4c(c3)-c3ccccc3C4(c3ccccc3)c3ccccc3)c3ccc4c(c3)oc3ccccc34)c2-c2ccc3c(c2)sc2ccccc23)cc1. The number of rotatable bonds is 7. The molecule has 0 radical (unpaired) electrons. The summed E-state index contributed by atoms with van der Waals surface area (Å²) in [5, 5.41) is 4.80. The van der Waals surface area contributed by atoms with E-state index in [1.54, 1.807) is 0 Å². The van der Waals surface area contributed by atoms with Gasteiger partial charge in [-0.15, -0.1) is 11.3 Å². The first-order chi connectivity index (χ1) is 31.7. The van der Waals surface area contributed by atoms with Crippen LogP contribution in [0, 0.1) is 0 Å². The summed E-state index contributed by atoms with van der Waals surface area (Å²) < 4.78 is 9.19. The molecule has 3 heteroatoms. The van der Waals surface area contributed by atoms with Crippen LogP contribution >= 0.6 is 11.3 Å². The molecule has 2 heterocycles. The predicted octanol–water partition coefficient (Wildman–Crippen LogP) is 17.1. The summed E-state index contributed by atoms with van der Waals surface area (Å²) in [7, 11) is 0. The molecule has 2 nitrogen and oxygen atoms in total. The van der Waals surface area contributed by atoms with Crippen LogP contribution in [0.15, 0.2) is 241 Å². The fourth-order valence-electron chi connectivity index (χ4n) is 10.6. The molecule has 300 valence electrons. The summed E-state index contributed by atoms with van der Waals surface area (Å²) in [6.07, 6.45) is 0. The van der Waals surface area contributed by atoms with Crippen molar-refractivity contribution in [3.05, 3.63) is 259 Å². The van der Waals surface area contributed by atoms with Gasteiger partial charge >= 0.3 is 0 Å². The second kappa shape index (κ2) is 14.6. The lowest BCUT2D eigenvalue weighted by Crippen LogP contribution is -2.28. The molecule has 0 spiro atoms. The molecule has 0 bridgehead atoms. The van der Waals surface area contributed by atoms with Crippen molar-refractivity contribution in [3.8, 4) is 33.4 Å². The third-order valence-corrected chi connectivity index (χ3v) is 14.5. The van der Waals surface area contributed by atoms with Crippen molar-refractivity contribution in [2.24, 2.45) is 0 Å². The Morgan fingerprint density at radius 1 is 0.359 bits per heavy atom. The van der Waals surface area contributed by atoms with Crippen molar-refractivity contribution in [2.45, 2.75) is 5.41 Å². The standard InChI is InChI=1S/C61H39NOS/c1-4-17-40(18-5-1)46-26-16-28-55(60(46)41-31-34-51-50-25-12-15-30-58(50)64-59(51)37-41)62(45-32-35-49-48-24-11-14-29-56(48)63-57(49)39-45)44-33-36-54-52(38-44)47-23-10-13-27-53(47)61(54,42-19-6-2-7-20-42)43-21-8-3-9-22-43/h1-39H. The fraction of sp³-hybridized carbons (Fsp3) is 0.0164. The number of furan rings is 1. The fourth-order valence-corrected chi connectivity index (χ4v) is 11.8. The number of thiophene rings is 1. The van der Waals surface area contributed by atoms with Gasteiger partial charge in [-0.1, -0.05) is 182 Å². The summed E-state index contributed by atoms with van der Waals surface area (Å²) in [6.45, 7) is 0. The summed E-state index contributed by atoms with van der Waals surface area (Å²) in [6, 6.07) is 86.6. The van der Waals surface area contributed by atoms with Gasteiger partial charge in [-0.05, 0) is 98.6 Å². The van der Waals surface area contributed by atoms with Crippen LogP contribution in [0.1, 0.15) is 22.3 Å². The van der Waals surface area contributed by atoms with E-state index in [0.717, 1.165) is 39.0 Å². The average Bonchev–Trinajstić information content (AvgIpc) is 4.02. The number of para-hydroxylation sites is 1. The molecule has 12 aromatic rings. The molecule has 0 fully saturated rings. The number of anilines is 3. The first-order valence-electron chi connectivity index (χ1n) is 21.9. The van der Waals surface area contributed by atoms with Gasteiger partial charge < -0.3 is 9.32 Å². The van der Waals surface area contributed by atoms with E-state index in [1.165, 1.54) is 75.8 Å². The second-order valence-electron chi connectivity index (χ2n) is 16.7. The molecule has 0 atom stereocenters. The number of fused-ring (bicyclic) bond motifs is 9. The molecule has 0 unspecified atom stereocenters. The van der Waals surface area contributed by atoms with Crippen molar-refractivity contribution in [1.29, 1.82) is 0 Å². The van der Waals surface area contributed by atoms with Crippen LogP contribution in [0.3, 0.4) is 0 Å². The first-order valence-corrected chi connectivity index (χ1v) is 22.7. The lowest BCUT2D eigenvalue weighted by Gasteiger charge is -2.34. The third-order valence-electron chi connectivity index (χ3n) is 13.4. The quantitative estimate of drug-likeness (QED) is 0.159. The monoisotopic (exact) mass is 833 g/mol. The van der Waals surface area contributed by atoms with Crippen LogP contribution in [0.2, 0.25) is 0 Å². The largest absolute Gasteiger partial charge is 0.456 e. The van der Waals surface area contributed by atoms with E-state index in [0.29, 0.717) is 0 Å². The molecular formula is C61H39NOS. The lowest BCUT2D eigenvalue weighted by atomic mass is 9.68. The van der Waals surface area contributed by atoms with Crippen LogP contribution in [-0.4, -0.2) is 0 Å². The summed E-state index contributed by atoms with van der Waals surface area (Å²) in [4.78, 5) is 2.46. The van der Waals surface area contributed by atoms with E-state index in [2.05, 4.69) is 235 Å². The van der Waals surface area contributed by atoms with Gasteiger partial charge in [-0.25, -0.2) is 0 Å². The minimum Gasteiger partial charge on any atom is -0.456 e. The topological polar surface area (TPSA) is 16.4 Å². The number of nitrogens with zero attached hydrogens (tertiary/aromatic N) is 1. The Morgan fingerprint density at radius 2 is 0.953 bits per heavy atom. The zero-order valence-electron chi connectivity index (χ0n) is 34.8. The molecule has 13 rings (SSSR count). The van der Waals surface area contributed by atoms with E-state index in [9.17, 15) is 0 Å². The van der Waals surface area contributed by atoms with Crippen molar-refractivity contribution in [2.75, 3.05) is 4.90 Å². The van der Waals surface area contributed by atoms with Crippen molar-refractivity contribution in [3.63, 3.8) is 0 Å². The van der Waals surface area contributed by atoms with Gasteiger partial charge in [0.2, 0.25) is 0 Å². The van der Waals surface area contributed by atoms with Crippen molar-refractivity contribution >= 4 is 70.5 Å². The van der Waals surface area contributed by atoms with Crippen molar-refractivity contribution < 1.29 is 4.42 Å². The molecule has 0 saturated carbocycles. The van der Waals surface area contributed by atoms with Crippen LogP contribution in [0.5, 0.6) is 0 Å². The van der Waals surface area contributed by atoms with Crippen LogP contribution in [-0.2, 0) is 5.41 Å². The number of hydrogen-bond donors (Lipinski definition) is 0. The highest BCUT2D eigenvalue weighted by Crippen LogP contribution is 2.58. The van der Waals surface area contributed by atoms with E-state index >= 15 is 0 Å². The lowest BCUT2D eigenvalue weighted by molar-refractivity contribution is 0.669. The molecule has 0 amide bonds. The van der Waals surface area contributed by atoms with E-state index in [1.807, 2.05) is 17.4 Å². The Balaban J connectivity index is 1.10. The predicted molar refractivity (Wildman–Crippen MR) is 269 cm³/mol. The molecule has 64 heavy (non-hydrogen) atoms. The summed E-state index contributed by atoms with van der Waals surface area (Å²) in [5.74, 6) is 0. The maximum atomic E-state index is 6.62. The molecule has 2 aromatic heterocycles. The Bertz CT molecular complexity index is 3690. The van der Waals surface area contributed by atoms with E-state index < -0.39 is 5.41 Å². The van der Waals surface area contributed by atoms with Gasteiger partial charge in [0, 0.05) is 53.9 Å². The smallest absolute Gasteiger partial charge is 0.137 e. The molecule has 0 saturated heterocycles. The van der Waals surface area contributed by atoms with Crippen molar-refractivity contribution in [1.82, 2.24) is 0 Å². The zero-order valence-corrected chi connectivity index (χ0v) is 35.6.